The van der Waals surface area contributed by atoms with E-state index in [2.05, 4.69) is 34.5 Å². The summed E-state index contributed by atoms with van der Waals surface area (Å²) in [6, 6.07) is 8.03. The zero-order valence-corrected chi connectivity index (χ0v) is 16.4. The van der Waals surface area contributed by atoms with Gasteiger partial charge in [0.05, 0.1) is 25.4 Å². The molecule has 0 unspecified atom stereocenters. The van der Waals surface area contributed by atoms with Crippen molar-refractivity contribution in [3.63, 3.8) is 0 Å². The van der Waals surface area contributed by atoms with E-state index < -0.39 is 0 Å². The van der Waals surface area contributed by atoms with Crippen LogP contribution in [-0.2, 0) is 13.1 Å². The summed E-state index contributed by atoms with van der Waals surface area (Å²) in [6.45, 7) is 12.7. The predicted molar refractivity (Wildman–Crippen MR) is 104 cm³/mol. The summed E-state index contributed by atoms with van der Waals surface area (Å²) in [6.07, 6.45) is 0. The van der Waals surface area contributed by atoms with Crippen molar-refractivity contribution < 1.29 is 9.15 Å². The molecular weight excluding hydrogens is 328 g/mol. The van der Waals surface area contributed by atoms with Crippen molar-refractivity contribution >= 4 is 5.96 Å². The third kappa shape index (κ3) is 6.10. The third-order valence-electron chi connectivity index (χ3n) is 3.78. The summed E-state index contributed by atoms with van der Waals surface area (Å²) < 4.78 is 11.5. The maximum absolute atomic E-state index is 5.90. The van der Waals surface area contributed by atoms with E-state index in [1.165, 1.54) is 0 Å². The van der Waals surface area contributed by atoms with E-state index in [4.69, 9.17) is 9.15 Å². The number of hydrogen-bond donors (Lipinski definition) is 2. The summed E-state index contributed by atoms with van der Waals surface area (Å²) in [5.41, 5.74) is 1.98. The highest BCUT2D eigenvalue weighted by atomic mass is 16.5. The monoisotopic (exact) mass is 358 g/mol. The Bertz CT molecular complexity index is 703. The number of benzene rings is 1. The SMILES string of the molecule is CCNC(=NCc1ccccc1OCC(C)C)NCc1nc(C)c(C)o1. The van der Waals surface area contributed by atoms with Gasteiger partial charge in [-0.1, -0.05) is 32.0 Å². The van der Waals surface area contributed by atoms with Crippen molar-refractivity contribution in [2.45, 2.75) is 47.7 Å². The van der Waals surface area contributed by atoms with Crippen LogP contribution in [-0.4, -0.2) is 24.1 Å². The molecule has 0 radical (unpaired) electrons. The maximum atomic E-state index is 5.90. The fourth-order valence-electron chi connectivity index (χ4n) is 2.31. The lowest BCUT2D eigenvalue weighted by molar-refractivity contribution is 0.268. The minimum atomic E-state index is 0.484. The van der Waals surface area contributed by atoms with Crippen LogP contribution in [0.2, 0.25) is 0 Å². The predicted octanol–water partition coefficient (Wildman–Crippen LogP) is 3.58. The van der Waals surface area contributed by atoms with Crippen LogP contribution in [0.25, 0.3) is 0 Å². The van der Waals surface area contributed by atoms with Gasteiger partial charge < -0.3 is 19.8 Å². The number of ether oxygens (including phenoxy) is 1. The number of hydrogen-bond acceptors (Lipinski definition) is 4. The largest absolute Gasteiger partial charge is 0.493 e. The molecule has 1 aromatic carbocycles. The molecule has 0 spiro atoms. The number of aromatic nitrogens is 1. The van der Waals surface area contributed by atoms with Crippen LogP contribution in [0.5, 0.6) is 5.75 Å². The van der Waals surface area contributed by atoms with Gasteiger partial charge in [-0.25, -0.2) is 9.98 Å². The van der Waals surface area contributed by atoms with Gasteiger partial charge in [0.2, 0.25) is 5.89 Å². The summed E-state index contributed by atoms with van der Waals surface area (Å²) in [5.74, 6) is 3.60. The van der Waals surface area contributed by atoms with Crippen molar-refractivity contribution in [3.8, 4) is 5.75 Å². The summed E-state index contributed by atoms with van der Waals surface area (Å²) in [4.78, 5) is 9.04. The van der Waals surface area contributed by atoms with E-state index in [1.54, 1.807) is 0 Å². The number of aryl methyl sites for hydroxylation is 2. The molecule has 6 nitrogen and oxygen atoms in total. The highest BCUT2D eigenvalue weighted by molar-refractivity contribution is 5.79. The lowest BCUT2D eigenvalue weighted by atomic mass is 10.2. The van der Waals surface area contributed by atoms with Crippen LogP contribution in [0.15, 0.2) is 33.7 Å². The van der Waals surface area contributed by atoms with Crippen molar-refractivity contribution in [1.29, 1.82) is 0 Å². The van der Waals surface area contributed by atoms with E-state index in [9.17, 15) is 0 Å². The van der Waals surface area contributed by atoms with Gasteiger partial charge >= 0.3 is 0 Å². The second kappa shape index (κ2) is 9.85. The standard InChI is InChI=1S/C20H30N4O2/c1-6-21-20(23-12-19-24-15(4)16(5)26-19)22-11-17-9-7-8-10-18(17)25-13-14(2)3/h7-10,14H,6,11-13H2,1-5H3,(H2,21,22,23). The molecule has 0 aliphatic rings. The maximum Gasteiger partial charge on any atom is 0.214 e. The first-order valence-electron chi connectivity index (χ1n) is 9.15. The average Bonchev–Trinajstić information content (AvgIpc) is 2.94. The topological polar surface area (TPSA) is 71.7 Å². The molecule has 6 heteroatoms. The molecule has 0 saturated carbocycles. The van der Waals surface area contributed by atoms with Crippen LogP contribution in [0.4, 0.5) is 0 Å². The molecule has 0 saturated heterocycles. The van der Waals surface area contributed by atoms with E-state index >= 15 is 0 Å². The number of rotatable bonds is 8. The molecule has 1 heterocycles. The Morgan fingerprint density at radius 3 is 2.65 bits per heavy atom. The van der Waals surface area contributed by atoms with Gasteiger partial charge in [-0.05, 0) is 32.8 Å². The van der Waals surface area contributed by atoms with Gasteiger partial charge in [-0.3, -0.25) is 0 Å². The lowest BCUT2D eigenvalue weighted by Gasteiger charge is -2.13. The van der Waals surface area contributed by atoms with Gasteiger partial charge in [0.1, 0.15) is 11.5 Å². The Hall–Kier alpha value is -2.50. The van der Waals surface area contributed by atoms with Crippen LogP contribution in [0, 0.1) is 19.8 Å². The van der Waals surface area contributed by atoms with Crippen LogP contribution in [0.3, 0.4) is 0 Å². The third-order valence-corrected chi connectivity index (χ3v) is 3.78. The first kappa shape index (κ1) is 19.8. The van der Waals surface area contributed by atoms with Crippen molar-refractivity contribution in [2.75, 3.05) is 13.2 Å². The Kier molecular flexibility index (Phi) is 7.51. The number of nitrogens with one attached hydrogen (secondary N) is 2. The van der Waals surface area contributed by atoms with Gasteiger partial charge in [-0.2, -0.15) is 0 Å². The summed E-state index contributed by atoms with van der Waals surface area (Å²) >= 11 is 0. The first-order valence-corrected chi connectivity index (χ1v) is 9.15. The number of aliphatic imine (C=N–C) groups is 1. The van der Waals surface area contributed by atoms with Crippen molar-refractivity contribution in [1.82, 2.24) is 15.6 Å². The normalized spacial score (nSPS) is 11.7. The fraction of sp³-hybridized carbons (Fsp3) is 0.500. The summed E-state index contributed by atoms with van der Waals surface area (Å²) in [5, 5.41) is 6.50. The summed E-state index contributed by atoms with van der Waals surface area (Å²) in [7, 11) is 0. The van der Waals surface area contributed by atoms with E-state index in [-0.39, 0.29) is 0 Å². The molecule has 1 aromatic heterocycles. The van der Waals surface area contributed by atoms with Crippen LogP contribution >= 0.6 is 0 Å². The van der Waals surface area contributed by atoms with Gasteiger partial charge in [0.15, 0.2) is 5.96 Å². The zero-order valence-electron chi connectivity index (χ0n) is 16.4. The second-order valence-corrected chi connectivity index (χ2v) is 6.61. The molecule has 0 fully saturated rings. The average molecular weight is 358 g/mol. The first-order chi connectivity index (χ1) is 12.5. The zero-order chi connectivity index (χ0) is 18.9. The molecular formula is C20H30N4O2. The van der Waals surface area contributed by atoms with Crippen LogP contribution < -0.4 is 15.4 Å². The molecule has 0 amide bonds. The molecule has 2 aromatic rings. The Balaban J connectivity index is 2.02. The van der Waals surface area contributed by atoms with Gasteiger partial charge in [0.25, 0.3) is 0 Å². The molecule has 0 atom stereocenters. The number of para-hydroxylation sites is 1. The Morgan fingerprint density at radius 1 is 1.23 bits per heavy atom. The molecule has 0 aliphatic carbocycles. The highest BCUT2D eigenvalue weighted by Gasteiger charge is 2.08. The number of nitrogens with zero attached hydrogens (tertiary/aromatic N) is 2. The fourth-order valence-corrected chi connectivity index (χ4v) is 2.31. The van der Waals surface area contributed by atoms with Crippen molar-refractivity contribution in [2.24, 2.45) is 10.9 Å². The molecule has 2 rings (SSSR count). The number of guanidine groups is 1. The van der Waals surface area contributed by atoms with Crippen LogP contribution in [0.1, 0.15) is 43.7 Å². The molecule has 0 aliphatic heterocycles. The lowest BCUT2D eigenvalue weighted by Crippen LogP contribution is -2.36. The van der Waals surface area contributed by atoms with E-state index in [1.807, 2.05) is 45.0 Å². The van der Waals surface area contributed by atoms with Gasteiger partial charge in [0, 0.05) is 12.1 Å². The minimum absolute atomic E-state index is 0.484. The van der Waals surface area contributed by atoms with Crippen molar-refractivity contribution in [3.05, 3.63) is 47.2 Å². The molecule has 2 N–H and O–H groups in total. The highest BCUT2D eigenvalue weighted by Crippen LogP contribution is 2.19. The molecule has 26 heavy (non-hydrogen) atoms. The molecule has 142 valence electrons. The molecule has 0 bridgehead atoms. The minimum Gasteiger partial charge on any atom is -0.493 e. The van der Waals surface area contributed by atoms with E-state index in [0.29, 0.717) is 31.5 Å². The second-order valence-electron chi connectivity index (χ2n) is 6.61. The Morgan fingerprint density at radius 2 is 2.00 bits per heavy atom. The Labute approximate surface area is 156 Å². The number of oxazole rings is 1. The van der Waals surface area contributed by atoms with Gasteiger partial charge in [-0.15, -0.1) is 0 Å². The smallest absolute Gasteiger partial charge is 0.214 e. The quantitative estimate of drug-likeness (QED) is 0.557. The van der Waals surface area contributed by atoms with E-state index in [0.717, 1.165) is 35.3 Å².